The molecule has 27 heavy (non-hydrogen) atoms. The number of nitrogens with one attached hydrogen (secondary N) is 1. The van der Waals surface area contributed by atoms with Crippen LogP contribution in [-0.4, -0.2) is 67.9 Å². The summed E-state index contributed by atoms with van der Waals surface area (Å²) in [4.78, 5) is 29.1. The SMILES string of the molecule is CN1CCN(CC(=O)c2cccc(NC(=O)COc3ccccc3)c2)CC1. The van der Waals surface area contributed by atoms with E-state index in [4.69, 9.17) is 4.74 Å². The summed E-state index contributed by atoms with van der Waals surface area (Å²) in [6.45, 7) is 4.08. The van der Waals surface area contributed by atoms with Crippen LogP contribution in [0.15, 0.2) is 54.6 Å². The Morgan fingerprint density at radius 1 is 1.00 bits per heavy atom. The third-order valence-electron chi connectivity index (χ3n) is 4.54. The number of hydrogen-bond acceptors (Lipinski definition) is 5. The summed E-state index contributed by atoms with van der Waals surface area (Å²) in [7, 11) is 2.09. The van der Waals surface area contributed by atoms with Gasteiger partial charge in [-0.3, -0.25) is 14.5 Å². The molecule has 0 aliphatic carbocycles. The molecule has 2 aromatic carbocycles. The van der Waals surface area contributed by atoms with Gasteiger partial charge >= 0.3 is 0 Å². The van der Waals surface area contributed by atoms with E-state index in [2.05, 4.69) is 22.2 Å². The Labute approximate surface area is 159 Å². The molecule has 1 saturated heterocycles. The summed E-state index contributed by atoms with van der Waals surface area (Å²) in [5, 5.41) is 2.78. The number of para-hydroxylation sites is 1. The van der Waals surface area contributed by atoms with Gasteiger partial charge in [-0.15, -0.1) is 0 Å². The van der Waals surface area contributed by atoms with Gasteiger partial charge in [-0.2, -0.15) is 0 Å². The molecule has 0 atom stereocenters. The number of ketones is 1. The first-order valence-corrected chi connectivity index (χ1v) is 9.12. The van der Waals surface area contributed by atoms with Crippen molar-refractivity contribution >= 4 is 17.4 Å². The van der Waals surface area contributed by atoms with Crippen molar-refractivity contribution in [3.05, 3.63) is 60.2 Å². The van der Waals surface area contributed by atoms with Crippen LogP contribution in [0.5, 0.6) is 5.75 Å². The normalized spacial score (nSPS) is 15.3. The van der Waals surface area contributed by atoms with Gasteiger partial charge in [0, 0.05) is 37.4 Å². The van der Waals surface area contributed by atoms with Gasteiger partial charge in [0.15, 0.2) is 12.4 Å². The summed E-state index contributed by atoms with van der Waals surface area (Å²) in [5.41, 5.74) is 1.21. The highest BCUT2D eigenvalue weighted by Gasteiger charge is 2.17. The molecule has 0 radical (unpaired) electrons. The monoisotopic (exact) mass is 367 g/mol. The predicted molar refractivity (Wildman–Crippen MR) is 105 cm³/mol. The minimum absolute atomic E-state index is 0.0659. The lowest BCUT2D eigenvalue weighted by Gasteiger charge is -2.31. The number of carbonyl (C=O) groups is 2. The number of benzene rings is 2. The Bertz CT molecular complexity index is 771. The van der Waals surface area contributed by atoms with Crippen LogP contribution in [0, 0.1) is 0 Å². The topological polar surface area (TPSA) is 61.9 Å². The fraction of sp³-hybridized carbons (Fsp3) is 0.333. The van der Waals surface area contributed by atoms with Gasteiger partial charge in [0.25, 0.3) is 5.91 Å². The van der Waals surface area contributed by atoms with Crippen LogP contribution < -0.4 is 10.1 Å². The third kappa shape index (κ3) is 5.91. The highest BCUT2D eigenvalue weighted by atomic mass is 16.5. The smallest absolute Gasteiger partial charge is 0.262 e. The Morgan fingerprint density at radius 2 is 1.74 bits per heavy atom. The van der Waals surface area contributed by atoms with Crippen molar-refractivity contribution in [1.29, 1.82) is 0 Å². The molecule has 1 aliphatic heterocycles. The second-order valence-corrected chi connectivity index (χ2v) is 6.73. The van der Waals surface area contributed by atoms with E-state index < -0.39 is 0 Å². The van der Waals surface area contributed by atoms with Crippen molar-refractivity contribution in [1.82, 2.24) is 9.80 Å². The predicted octanol–water partition coefficient (Wildman–Crippen LogP) is 2.13. The van der Waals surface area contributed by atoms with E-state index in [-0.39, 0.29) is 18.3 Å². The van der Waals surface area contributed by atoms with Crippen molar-refractivity contribution in [2.75, 3.05) is 51.7 Å². The van der Waals surface area contributed by atoms with Gasteiger partial charge in [-0.1, -0.05) is 30.3 Å². The summed E-state index contributed by atoms with van der Waals surface area (Å²) in [6, 6.07) is 16.2. The molecule has 3 rings (SSSR count). The summed E-state index contributed by atoms with van der Waals surface area (Å²) in [5.74, 6) is 0.447. The van der Waals surface area contributed by atoms with Gasteiger partial charge in [0.05, 0.1) is 6.54 Å². The molecule has 1 amide bonds. The second-order valence-electron chi connectivity index (χ2n) is 6.73. The van der Waals surface area contributed by atoms with E-state index in [1.165, 1.54) is 0 Å². The number of anilines is 1. The zero-order valence-electron chi connectivity index (χ0n) is 15.6. The van der Waals surface area contributed by atoms with Crippen LogP contribution in [0.3, 0.4) is 0 Å². The molecule has 0 bridgehead atoms. The number of likely N-dealkylation sites (N-methyl/N-ethyl adjacent to an activating group) is 1. The lowest BCUT2D eigenvalue weighted by atomic mass is 10.1. The molecule has 1 N–H and O–H groups in total. The van der Waals surface area contributed by atoms with Crippen molar-refractivity contribution in [3.8, 4) is 5.75 Å². The van der Waals surface area contributed by atoms with E-state index in [1.54, 1.807) is 36.4 Å². The minimum atomic E-state index is -0.262. The minimum Gasteiger partial charge on any atom is -0.484 e. The largest absolute Gasteiger partial charge is 0.484 e. The molecule has 6 heteroatoms. The first-order chi connectivity index (χ1) is 13.1. The summed E-state index contributed by atoms with van der Waals surface area (Å²) >= 11 is 0. The van der Waals surface area contributed by atoms with E-state index in [1.807, 2.05) is 18.2 Å². The molecule has 2 aromatic rings. The van der Waals surface area contributed by atoms with Crippen molar-refractivity contribution in [2.45, 2.75) is 0 Å². The lowest BCUT2D eigenvalue weighted by molar-refractivity contribution is -0.118. The van der Waals surface area contributed by atoms with Crippen LogP contribution in [0.25, 0.3) is 0 Å². The molecular formula is C21H25N3O3. The second kappa shape index (κ2) is 9.30. The quantitative estimate of drug-likeness (QED) is 0.760. The number of nitrogens with zero attached hydrogens (tertiary/aromatic N) is 2. The van der Waals surface area contributed by atoms with Gasteiger partial charge in [0.2, 0.25) is 0 Å². The Balaban J connectivity index is 1.51. The van der Waals surface area contributed by atoms with Crippen LogP contribution in [0.4, 0.5) is 5.69 Å². The van der Waals surface area contributed by atoms with Crippen molar-refractivity contribution in [3.63, 3.8) is 0 Å². The molecule has 1 fully saturated rings. The van der Waals surface area contributed by atoms with Crippen LogP contribution in [-0.2, 0) is 4.79 Å². The van der Waals surface area contributed by atoms with E-state index in [9.17, 15) is 9.59 Å². The maximum Gasteiger partial charge on any atom is 0.262 e. The molecule has 0 spiro atoms. The van der Waals surface area contributed by atoms with Crippen LogP contribution in [0.2, 0.25) is 0 Å². The molecule has 142 valence electrons. The number of amides is 1. The summed E-state index contributed by atoms with van der Waals surface area (Å²) < 4.78 is 5.44. The number of ether oxygens (including phenoxy) is 1. The van der Waals surface area contributed by atoms with Crippen molar-refractivity contribution < 1.29 is 14.3 Å². The molecule has 1 heterocycles. The Morgan fingerprint density at radius 3 is 2.48 bits per heavy atom. The summed E-state index contributed by atoms with van der Waals surface area (Å²) in [6.07, 6.45) is 0. The first kappa shape index (κ1) is 19.1. The number of piperazine rings is 1. The Kier molecular flexibility index (Phi) is 6.57. The maximum atomic E-state index is 12.6. The van der Waals surface area contributed by atoms with E-state index >= 15 is 0 Å². The van der Waals surface area contributed by atoms with Crippen LogP contribution in [0.1, 0.15) is 10.4 Å². The Hall–Kier alpha value is -2.70. The maximum absolute atomic E-state index is 12.6. The molecule has 0 unspecified atom stereocenters. The van der Waals surface area contributed by atoms with Gasteiger partial charge in [0.1, 0.15) is 5.75 Å². The fourth-order valence-corrected chi connectivity index (χ4v) is 2.93. The van der Waals surface area contributed by atoms with Crippen LogP contribution >= 0.6 is 0 Å². The zero-order valence-corrected chi connectivity index (χ0v) is 15.6. The molecular weight excluding hydrogens is 342 g/mol. The lowest BCUT2D eigenvalue weighted by Crippen LogP contribution is -2.46. The van der Waals surface area contributed by atoms with Gasteiger partial charge < -0.3 is 15.0 Å². The molecule has 0 saturated carbocycles. The molecule has 6 nitrogen and oxygen atoms in total. The fourth-order valence-electron chi connectivity index (χ4n) is 2.93. The standard InChI is InChI=1S/C21H25N3O3/c1-23-10-12-24(13-11-23)15-20(25)17-6-5-7-18(14-17)22-21(26)16-27-19-8-3-2-4-9-19/h2-9,14H,10-13,15-16H2,1H3,(H,22,26). The molecule has 1 aliphatic rings. The van der Waals surface area contributed by atoms with E-state index in [0.717, 1.165) is 26.2 Å². The van der Waals surface area contributed by atoms with E-state index in [0.29, 0.717) is 23.5 Å². The number of carbonyl (C=O) groups excluding carboxylic acids is 2. The van der Waals surface area contributed by atoms with Gasteiger partial charge in [-0.25, -0.2) is 0 Å². The number of Topliss-reactive ketones (excluding diaryl/α,β-unsaturated/α-hetero) is 1. The zero-order chi connectivity index (χ0) is 19.1. The average Bonchev–Trinajstić information content (AvgIpc) is 2.69. The van der Waals surface area contributed by atoms with Crippen molar-refractivity contribution in [2.24, 2.45) is 0 Å². The molecule has 0 aromatic heterocycles. The first-order valence-electron chi connectivity index (χ1n) is 9.12. The number of hydrogen-bond donors (Lipinski definition) is 1. The van der Waals surface area contributed by atoms with Gasteiger partial charge in [-0.05, 0) is 31.3 Å². The average molecular weight is 367 g/mol. The number of rotatable bonds is 7. The highest BCUT2D eigenvalue weighted by molar-refractivity contribution is 5.99. The highest BCUT2D eigenvalue weighted by Crippen LogP contribution is 2.13. The third-order valence-corrected chi connectivity index (χ3v) is 4.54.